The Morgan fingerprint density at radius 2 is 1.60 bits per heavy atom. The molecular weight excluding hydrogens is 366 g/mol. The summed E-state index contributed by atoms with van der Waals surface area (Å²) in [4.78, 5) is 0. The molecule has 30 heavy (non-hydrogen) atoms. The minimum Gasteiger partial charge on any atom is -0.455 e. The van der Waals surface area contributed by atoms with Crippen molar-refractivity contribution in [2.24, 2.45) is 12.5 Å². The molecule has 0 N–H and O–H groups in total. The van der Waals surface area contributed by atoms with E-state index in [0.717, 1.165) is 17.6 Å². The van der Waals surface area contributed by atoms with Gasteiger partial charge < -0.3 is 4.42 Å². The molecule has 2 aromatic heterocycles. The van der Waals surface area contributed by atoms with Crippen molar-refractivity contribution >= 4 is 32.7 Å². The summed E-state index contributed by atoms with van der Waals surface area (Å²) in [5, 5.41) is 4.80. The van der Waals surface area contributed by atoms with Gasteiger partial charge >= 0.3 is 0 Å². The van der Waals surface area contributed by atoms with E-state index in [1.54, 1.807) is 0 Å². The van der Waals surface area contributed by atoms with Gasteiger partial charge in [0.15, 0.2) is 6.20 Å². The van der Waals surface area contributed by atoms with Crippen LogP contribution in [0.1, 0.15) is 31.9 Å². The Morgan fingerprint density at radius 3 is 2.30 bits per heavy atom. The molecule has 0 amide bonds. The van der Waals surface area contributed by atoms with Gasteiger partial charge in [-0.3, -0.25) is 0 Å². The summed E-state index contributed by atoms with van der Waals surface area (Å²) in [6, 6.07) is 21.8. The molecule has 0 atom stereocenters. The van der Waals surface area contributed by atoms with Crippen LogP contribution in [0.25, 0.3) is 44.0 Å². The van der Waals surface area contributed by atoms with E-state index in [0.29, 0.717) is 0 Å². The summed E-state index contributed by atoms with van der Waals surface area (Å²) in [5.74, 6) is 0. The molecule has 0 fully saturated rings. The molecule has 0 aliphatic heterocycles. The van der Waals surface area contributed by atoms with Crippen LogP contribution in [0.15, 0.2) is 71.3 Å². The van der Waals surface area contributed by atoms with Crippen molar-refractivity contribution in [3.63, 3.8) is 0 Å². The second kappa shape index (κ2) is 6.70. The molecular formula is C28H28NO+. The molecule has 3 aromatic carbocycles. The predicted molar refractivity (Wildman–Crippen MR) is 126 cm³/mol. The number of aromatic nitrogens is 1. The Balaban J connectivity index is 1.74. The normalized spacial score (nSPS) is 12.3. The Morgan fingerprint density at radius 1 is 0.867 bits per heavy atom. The second-order valence-corrected chi connectivity index (χ2v) is 9.70. The molecule has 5 rings (SSSR count). The Labute approximate surface area is 177 Å². The highest BCUT2D eigenvalue weighted by molar-refractivity contribution is 6.13. The monoisotopic (exact) mass is 394 g/mol. The summed E-state index contributed by atoms with van der Waals surface area (Å²) >= 11 is 0. The molecule has 2 heterocycles. The maximum Gasteiger partial charge on any atom is 0.216 e. The van der Waals surface area contributed by atoms with E-state index in [-0.39, 0.29) is 5.41 Å². The lowest BCUT2D eigenvalue weighted by Gasteiger charge is -2.17. The summed E-state index contributed by atoms with van der Waals surface area (Å²) in [5.41, 5.74) is 7.13. The van der Waals surface area contributed by atoms with Crippen LogP contribution in [0.3, 0.4) is 0 Å². The third-order valence-electron chi connectivity index (χ3n) is 5.90. The highest BCUT2D eigenvalue weighted by Gasteiger charge is 2.22. The van der Waals surface area contributed by atoms with Gasteiger partial charge in [-0.15, -0.1) is 0 Å². The van der Waals surface area contributed by atoms with Crippen molar-refractivity contribution in [3.8, 4) is 11.3 Å². The Bertz CT molecular complexity index is 1420. The molecule has 5 aromatic rings. The third-order valence-corrected chi connectivity index (χ3v) is 5.90. The molecule has 0 aliphatic carbocycles. The van der Waals surface area contributed by atoms with Gasteiger partial charge in [-0.05, 0) is 53.3 Å². The summed E-state index contributed by atoms with van der Waals surface area (Å²) in [7, 11) is 2.14. The van der Waals surface area contributed by atoms with Crippen LogP contribution in [0, 0.1) is 12.3 Å². The number of fused-ring (bicyclic) bond motifs is 4. The number of hydrogen-bond donors (Lipinski definition) is 0. The van der Waals surface area contributed by atoms with Gasteiger partial charge in [0.1, 0.15) is 18.2 Å². The fourth-order valence-electron chi connectivity index (χ4n) is 4.58. The number of rotatable bonds is 2. The zero-order valence-electron chi connectivity index (χ0n) is 18.4. The standard InChI is InChI=1S/C28H28NO/c1-18-10-12-22-23-14-20-8-6-7-9-21(20)15-25(23)30-27(22)26(18)24-13-11-19(17-29(24)5)16-28(2,3)4/h6-15,17H,16H2,1-5H3/q+1. The second-order valence-electron chi connectivity index (χ2n) is 9.70. The van der Waals surface area contributed by atoms with Crippen molar-refractivity contribution in [2.45, 2.75) is 34.1 Å². The summed E-state index contributed by atoms with van der Waals surface area (Å²) in [6.07, 6.45) is 3.32. The van der Waals surface area contributed by atoms with Crippen LogP contribution in [0.2, 0.25) is 0 Å². The molecule has 2 heteroatoms. The maximum atomic E-state index is 6.48. The lowest BCUT2D eigenvalue weighted by molar-refractivity contribution is -0.660. The SMILES string of the molecule is Cc1ccc2c(oc3cc4ccccc4cc32)c1-c1ccc(CC(C)(C)C)c[n+]1C. The lowest BCUT2D eigenvalue weighted by atomic mass is 9.88. The van der Waals surface area contributed by atoms with E-state index in [2.05, 4.69) is 106 Å². The fourth-order valence-corrected chi connectivity index (χ4v) is 4.58. The van der Waals surface area contributed by atoms with Gasteiger partial charge in [0.05, 0.1) is 5.56 Å². The van der Waals surface area contributed by atoms with E-state index in [1.807, 2.05) is 0 Å². The lowest BCUT2D eigenvalue weighted by Crippen LogP contribution is -2.32. The molecule has 2 nitrogen and oxygen atoms in total. The van der Waals surface area contributed by atoms with Gasteiger partial charge in [0.25, 0.3) is 0 Å². The van der Waals surface area contributed by atoms with E-state index < -0.39 is 0 Å². The van der Waals surface area contributed by atoms with Crippen molar-refractivity contribution in [1.82, 2.24) is 0 Å². The quantitative estimate of drug-likeness (QED) is 0.291. The number of benzene rings is 3. The van der Waals surface area contributed by atoms with E-state index in [1.165, 1.54) is 43.9 Å². The van der Waals surface area contributed by atoms with Gasteiger partial charge in [-0.2, -0.15) is 0 Å². The average molecular weight is 395 g/mol. The number of hydrogen-bond acceptors (Lipinski definition) is 1. The van der Waals surface area contributed by atoms with Crippen LogP contribution in [0.5, 0.6) is 0 Å². The van der Waals surface area contributed by atoms with Gasteiger partial charge in [0.2, 0.25) is 5.69 Å². The van der Waals surface area contributed by atoms with Crippen LogP contribution < -0.4 is 4.57 Å². The highest BCUT2D eigenvalue weighted by atomic mass is 16.3. The zero-order chi connectivity index (χ0) is 21.0. The minimum absolute atomic E-state index is 0.269. The van der Waals surface area contributed by atoms with E-state index in [9.17, 15) is 0 Å². The van der Waals surface area contributed by atoms with Crippen LogP contribution in [-0.4, -0.2) is 0 Å². The first-order valence-corrected chi connectivity index (χ1v) is 10.6. The minimum atomic E-state index is 0.269. The summed E-state index contributed by atoms with van der Waals surface area (Å²) in [6.45, 7) is 9.01. The number of furan rings is 1. The topological polar surface area (TPSA) is 17.0 Å². The smallest absolute Gasteiger partial charge is 0.216 e. The number of nitrogens with zero attached hydrogens (tertiary/aromatic N) is 1. The molecule has 0 unspecified atom stereocenters. The Kier molecular flexibility index (Phi) is 4.21. The molecule has 0 bridgehead atoms. The van der Waals surface area contributed by atoms with Crippen LogP contribution in [0.4, 0.5) is 0 Å². The fraction of sp³-hybridized carbons (Fsp3) is 0.250. The van der Waals surface area contributed by atoms with E-state index >= 15 is 0 Å². The largest absolute Gasteiger partial charge is 0.455 e. The molecule has 0 spiro atoms. The molecule has 0 saturated carbocycles. The maximum absolute atomic E-state index is 6.48. The average Bonchev–Trinajstić information content (AvgIpc) is 3.03. The van der Waals surface area contributed by atoms with E-state index in [4.69, 9.17) is 4.42 Å². The Hall–Kier alpha value is -3.13. The zero-order valence-corrected chi connectivity index (χ0v) is 18.4. The number of pyridine rings is 1. The predicted octanol–water partition coefficient (Wildman–Crippen LogP) is 7.13. The van der Waals surface area contributed by atoms with Gasteiger partial charge in [-0.1, -0.05) is 57.2 Å². The highest BCUT2D eigenvalue weighted by Crippen LogP contribution is 2.38. The van der Waals surface area contributed by atoms with Crippen molar-refractivity contribution in [3.05, 3.63) is 78.0 Å². The first kappa shape index (κ1) is 18.9. The van der Waals surface area contributed by atoms with Gasteiger partial charge in [-0.25, -0.2) is 4.57 Å². The first-order valence-electron chi connectivity index (χ1n) is 10.6. The number of aryl methyl sites for hydroxylation is 2. The van der Waals surface area contributed by atoms with Crippen LogP contribution in [-0.2, 0) is 13.5 Å². The third kappa shape index (κ3) is 3.17. The van der Waals surface area contributed by atoms with Crippen LogP contribution >= 0.6 is 0 Å². The molecule has 0 aliphatic rings. The van der Waals surface area contributed by atoms with Gasteiger partial charge in [0, 0.05) is 22.4 Å². The summed E-state index contributed by atoms with van der Waals surface area (Å²) < 4.78 is 8.72. The first-order chi connectivity index (χ1) is 14.3. The molecule has 0 radical (unpaired) electrons. The molecule has 150 valence electrons. The molecule has 0 saturated heterocycles. The van der Waals surface area contributed by atoms with Crippen molar-refractivity contribution in [1.29, 1.82) is 0 Å². The van der Waals surface area contributed by atoms with Crippen molar-refractivity contribution < 1.29 is 8.98 Å². The van der Waals surface area contributed by atoms with Crippen molar-refractivity contribution in [2.75, 3.05) is 0 Å².